The third-order valence-electron chi connectivity index (χ3n) is 3.99. The quantitative estimate of drug-likeness (QED) is 0.822. The maximum Gasteiger partial charge on any atom is 0.119 e. The molecule has 1 saturated heterocycles. The zero-order valence-corrected chi connectivity index (χ0v) is 10.2. The minimum absolute atomic E-state index is 0.0950. The van der Waals surface area contributed by atoms with E-state index in [0.29, 0.717) is 11.8 Å². The Balaban J connectivity index is 1.82. The molecule has 0 amide bonds. The molecule has 1 aliphatic carbocycles. The molecule has 1 aromatic rings. The zero-order chi connectivity index (χ0) is 11.9. The van der Waals surface area contributed by atoms with E-state index in [4.69, 9.17) is 4.74 Å². The van der Waals surface area contributed by atoms with E-state index in [1.165, 1.54) is 5.56 Å². The SMILES string of the molecule is CC1(NC2CCc3c(O)cccc32)CCOC1. The lowest BCUT2D eigenvalue weighted by atomic mass is 9.98. The molecule has 2 atom stereocenters. The van der Waals surface area contributed by atoms with Crippen molar-refractivity contribution in [3.05, 3.63) is 29.3 Å². The van der Waals surface area contributed by atoms with Gasteiger partial charge in [-0.15, -0.1) is 0 Å². The summed E-state index contributed by atoms with van der Waals surface area (Å²) in [5, 5.41) is 13.5. The van der Waals surface area contributed by atoms with Crippen molar-refractivity contribution < 1.29 is 9.84 Å². The number of aromatic hydroxyl groups is 1. The number of hydrogen-bond acceptors (Lipinski definition) is 3. The first-order valence-electron chi connectivity index (χ1n) is 6.34. The Morgan fingerprint density at radius 1 is 1.47 bits per heavy atom. The highest BCUT2D eigenvalue weighted by molar-refractivity contribution is 5.44. The molecule has 3 nitrogen and oxygen atoms in total. The molecule has 0 radical (unpaired) electrons. The molecule has 0 bridgehead atoms. The molecule has 1 aromatic carbocycles. The number of hydrogen-bond donors (Lipinski definition) is 2. The standard InChI is InChI=1S/C14H19NO2/c1-14(7-8-17-9-14)15-12-6-5-11-10(12)3-2-4-13(11)16/h2-4,12,15-16H,5-9H2,1H3. The Bertz CT molecular complexity index is 424. The topological polar surface area (TPSA) is 41.5 Å². The van der Waals surface area contributed by atoms with Crippen molar-refractivity contribution in [2.45, 2.75) is 37.8 Å². The Kier molecular flexibility index (Phi) is 2.60. The third kappa shape index (κ3) is 1.94. The van der Waals surface area contributed by atoms with Gasteiger partial charge in [0.1, 0.15) is 5.75 Å². The predicted molar refractivity (Wildman–Crippen MR) is 66.1 cm³/mol. The zero-order valence-electron chi connectivity index (χ0n) is 10.2. The van der Waals surface area contributed by atoms with Crippen LogP contribution in [0.15, 0.2) is 18.2 Å². The first kappa shape index (κ1) is 11.1. The number of benzene rings is 1. The Labute approximate surface area is 102 Å². The lowest BCUT2D eigenvalue weighted by Gasteiger charge is -2.28. The van der Waals surface area contributed by atoms with Crippen LogP contribution in [-0.2, 0) is 11.2 Å². The van der Waals surface area contributed by atoms with Crippen LogP contribution in [0.3, 0.4) is 0 Å². The van der Waals surface area contributed by atoms with E-state index in [1.807, 2.05) is 6.07 Å². The summed E-state index contributed by atoms with van der Waals surface area (Å²) in [5.41, 5.74) is 2.48. The minimum atomic E-state index is 0.0950. The Hall–Kier alpha value is -1.06. The van der Waals surface area contributed by atoms with Crippen molar-refractivity contribution >= 4 is 0 Å². The second kappa shape index (κ2) is 4.00. The van der Waals surface area contributed by atoms with Gasteiger partial charge in [0.05, 0.1) is 6.61 Å². The van der Waals surface area contributed by atoms with Crippen molar-refractivity contribution in [3.8, 4) is 5.75 Å². The molecule has 1 aliphatic heterocycles. The van der Waals surface area contributed by atoms with Gasteiger partial charge in [0.25, 0.3) is 0 Å². The predicted octanol–water partition coefficient (Wildman–Crippen LogP) is 2.15. The maximum absolute atomic E-state index is 9.82. The van der Waals surface area contributed by atoms with Crippen LogP contribution in [0.25, 0.3) is 0 Å². The maximum atomic E-state index is 9.82. The van der Waals surface area contributed by atoms with Gasteiger partial charge in [0, 0.05) is 18.2 Å². The molecular formula is C14H19NO2. The molecule has 17 heavy (non-hydrogen) atoms. The van der Waals surface area contributed by atoms with Gasteiger partial charge in [0.15, 0.2) is 0 Å². The molecule has 0 aromatic heterocycles. The van der Waals surface area contributed by atoms with Gasteiger partial charge in [-0.2, -0.15) is 0 Å². The van der Waals surface area contributed by atoms with Gasteiger partial charge < -0.3 is 15.2 Å². The molecule has 2 N–H and O–H groups in total. The normalized spacial score (nSPS) is 31.7. The van der Waals surface area contributed by atoms with E-state index in [1.54, 1.807) is 6.07 Å². The highest BCUT2D eigenvalue weighted by Gasteiger charge is 2.34. The van der Waals surface area contributed by atoms with E-state index >= 15 is 0 Å². The highest BCUT2D eigenvalue weighted by Crippen LogP contribution is 2.38. The molecule has 0 spiro atoms. The van der Waals surface area contributed by atoms with Crippen molar-refractivity contribution in [2.75, 3.05) is 13.2 Å². The van der Waals surface area contributed by atoms with Crippen LogP contribution in [0.4, 0.5) is 0 Å². The highest BCUT2D eigenvalue weighted by atomic mass is 16.5. The largest absolute Gasteiger partial charge is 0.508 e. The van der Waals surface area contributed by atoms with Crippen LogP contribution < -0.4 is 5.32 Å². The van der Waals surface area contributed by atoms with Crippen molar-refractivity contribution in [3.63, 3.8) is 0 Å². The molecule has 0 saturated carbocycles. The minimum Gasteiger partial charge on any atom is -0.508 e. The molecule has 92 valence electrons. The van der Waals surface area contributed by atoms with Crippen LogP contribution in [0.2, 0.25) is 0 Å². The second-order valence-electron chi connectivity index (χ2n) is 5.44. The summed E-state index contributed by atoms with van der Waals surface area (Å²) in [5.74, 6) is 0.444. The summed E-state index contributed by atoms with van der Waals surface area (Å²) in [6, 6.07) is 6.20. The van der Waals surface area contributed by atoms with Gasteiger partial charge in [-0.25, -0.2) is 0 Å². The van der Waals surface area contributed by atoms with E-state index in [0.717, 1.165) is 38.0 Å². The van der Waals surface area contributed by atoms with Gasteiger partial charge >= 0.3 is 0 Å². The molecule has 3 heteroatoms. The summed E-state index contributed by atoms with van der Waals surface area (Å²) in [6.45, 7) is 3.86. The van der Waals surface area contributed by atoms with Gasteiger partial charge in [-0.3, -0.25) is 0 Å². The summed E-state index contributed by atoms with van der Waals surface area (Å²) in [7, 11) is 0. The Morgan fingerprint density at radius 3 is 3.12 bits per heavy atom. The summed E-state index contributed by atoms with van der Waals surface area (Å²) in [6.07, 6.45) is 3.11. The smallest absolute Gasteiger partial charge is 0.119 e. The van der Waals surface area contributed by atoms with Crippen molar-refractivity contribution in [2.24, 2.45) is 0 Å². The van der Waals surface area contributed by atoms with Gasteiger partial charge in [0.2, 0.25) is 0 Å². The first-order chi connectivity index (χ1) is 8.18. The fraction of sp³-hybridized carbons (Fsp3) is 0.571. The molecule has 3 rings (SSSR count). The summed E-state index contributed by atoms with van der Waals surface area (Å²) < 4.78 is 5.47. The molecule has 2 unspecified atom stereocenters. The fourth-order valence-electron chi connectivity index (χ4n) is 2.99. The third-order valence-corrected chi connectivity index (χ3v) is 3.99. The Morgan fingerprint density at radius 2 is 2.35 bits per heavy atom. The van der Waals surface area contributed by atoms with Gasteiger partial charge in [-0.1, -0.05) is 12.1 Å². The van der Waals surface area contributed by atoms with E-state index in [-0.39, 0.29) is 5.54 Å². The molecule has 1 heterocycles. The summed E-state index contributed by atoms with van der Waals surface area (Å²) >= 11 is 0. The fourth-order valence-corrected chi connectivity index (χ4v) is 2.99. The van der Waals surface area contributed by atoms with Crippen LogP contribution in [-0.4, -0.2) is 23.9 Å². The van der Waals surface area contributed by atoms with Crippen LogP contribution in [0.1, 0.15) is 36.9 Å². The number of fused-ring (bicyclic) bond motifs is 1. The number of rotatable bonds is 2. The van der Waals surface area contributed by atoms with Crippen molar-refractivity contribution in [1.82, 2.24) is 5.32 Å². The lowest BCUT2D eigenvalue weighted by molar-refractivity contribution is 0.166. The lowest BCUT2D eigenvalue weighted by Crippen LogP contribution is -2.44. The summed E-state index contributed by atoms with van der Waals surface area (Å²) in [4.78, 5) is 0. The van der Waals surface area contributed by atoms with Gasteiger partial charge in [-0.05, 0) is 43.4 Å². The van der Waals surface area contributed by atoms with Crippen LogP contribution in [0, 0.1) is 0 Å². The monoisotopic (exact) mass is 233 g/mol. The first-order valence-corrected chi connectivity index (χ1v) is 6.34. The number of nitrogens with one attached hydrogen (secondary N) is 1. The molecular weight excluding hydrogens is 214 g/mol. The number of phenols is 1. The van der Waals surface area contributed by atoms with E-state index < -0.39 is 0 Å². The average molecular weight is 233 g/mol. The second-order valence-corrected chi connectivity index (χ2v) is 5.44. The average Bonchev–Trinajstić information content (AvgIpc) is 2.88. The van der Waals surface area contributed by atoms with Crippen molar-refractivity contribution in [1.29, 1.82) is 0 Å². The van der Waals surface area contributed by atoms with E-state index in [9.17, 15) is 5.11 Å². The molecule has 2 aliphatic rings. The van der Waals surface area contributed by atoms with Crippen LogP contribution in [0.5, 0.6) is 5.75 Å². The van der Waals surface area contributed by atoms with E-state index in [2.05, 4.69) is 18.3 Å². The number of ether oxygens (including phenoxy) is 1. The van der Waals surface area contributed by atoms with Crippen LogP contribution >= 0.6 is 0 Å². The number of phenolic OH excluding ortho intramolecular Hbond substituents is 1. The molecule has 1 fully saturated rings.